The number of carbonyl (C=O) groups is 2. The van der Waals surface area contributed by atoms with Gasteiger partial charge in [0.25, 0.3) is 0 Å². The van der Waals surface area contributed by atoms with Crippen molar-refractivity contribution in [2.24, 2.45) is 5.92 Å². The SMILES string of the molecule is CCNC(=O)C1CCN(C(=O)Cc2cccs2)CC1. The third-order valence-corrected chi connectivity index (χ3v) is 4.35. The molecule has 5 heteroatoms. The van der Waals surface area contributed by atoms with Gasteiger partial charge in [-0.15, -0.1) is 11.3 Å². The lowest BCUT2D eigenvalue weighted by Gasteiger charge is -2.31. The van der Waals surface area contributed by atoms with Crippen LogP contribution >= 0.6 is 11.3 Å². The first-order valence-corrected chi connectivity index (χ1v) is 7.66. The second-order valence-electron chi connectivity index (χ2n) is 4.81. The average Bonchev–Trinajstić information content (AvgIpc) is 2.92. The molecule has 4 nitrogen and oxygen atoms in total. The molecule has 0 radical (unpaired) electrons. The molecule has 2 amide bonds. The van der Waals surface area contributed by atoms with Gasteiger partial charge >= 0.3 is 0 Å². The van der Waals surface area contributed by atoms with Gasteiger partial charge in [-0.1, -0.05) is 6.07 Å². The van der Waals surface area contributed by atoms with E-state index in [0.717, 1.165) is 17.7 Å². The van der Waals surface area contributed by atoms with Crippen LogP contribution in [0.1, 0.15) is 24.6 Å². The first-order valence-electron chi connectivity index (χ1n) is 6.78. The van der Waals surface area contributed by atoms with Crippen LogP contribution in [0.3, 0.4) is 0 Å². The Balaban J connectivity index is 1.79. The normalized spacial score (nSPS) is 16.4. The van der Waals surface area contributed by atoms with Crippen LogP contribution in [-0.4, -0.2) is 36.3 Å². The molecule has 0 saturated carbocycles. The van der Waals surface area contributed by atoms with Crippen LogP contribution in [0.5, 0.6) is 0 Å². The van der Waals surface area contributed by atoms with E-state index in [1.54, 1.807) is 11.3 Å². The molecule has 0 aromatic carbocycles. The molecule has 1 aliphatic heterocycles. The number of hydrogen-bond donors (Lipinski definition) is 1. The van der Waals surface area contributed by atoms with Crippen molar-refractivity contribution in [3.63, 3.8) is 0 Å². The fraction of sp³-hybridized carbons (Fsp3) is 0.571. The van der Waals surface area contributed by atoms with Crippen molar-refractivity contribution in [1.29, 1.82) is 0 Å². The van der Waals surface area contributed by atoms with Crippen molar-refractivity contribution in [1.82, 2.24) is 10.2 Å². The van der Waals surface area contributed by atoms with Gasteiger partial charge in [-0.3, -0.25) is 9.59 Å². The predicted molar refractivity (Wildman–Crippen MR) is 76.0 cm³/mol. The highest BCUT2D eigenvalue weighted by atomic mass is 32.1. The van der Waals surface area contributed by atoms with E-state index in [9.17, 15) is 9.59 Å². The van der Waals surface area contributed by atoms with Gasteiger partial charge in [0.15, 0.2) is 0 Å². The van der Waals surface area contributed by atoms with Crippen LogP contribution in [0.4, 0.5) is 0 Å². The van der Waals surface area contributed by atoms with E-state index in [1.165, 1.54) is 0 Å². The lowest BCUT2D eigenvalue weighted by atomic mass is 9.95. The molecule has 0 unspecified atom stereocenters. The molecule has 1 fully saturated rings. The van der Waals surface area contributed by atoms with Crippen LogP contribution in [-0.2, 0) is 16.0 Å². The van der Waals surface area contributed by atoms with Crippen molar-refractivity contribution in [2.75, 3.05) is 19.6 Å². The van der Waals surface area contributed by atoms with Gasteiger partial charge in [-0.05, 0) is 31.2 Å². The number of carbonyl (C=O) groups excluding carboxylic acids is 2. The molecule has 1 aromatic heterocycles. The molecule has 2 rings (SSSR count). The van der Waals surface area contributed by atoms with Crippen LogP contribution in [0.2, 0.25) is 0 Å². The Bertz CT molecular complexity index is 423. The zero-order chi connectivity index (χ0) is 13.7. The highest BCUT2D eigenvalue weighted by molar-refractivity contribution is 7.10. The van der Waals surface area contributed by atoms with Crippen LogP contribution in [0, 0.1) is 5.92 Å². The fourth-order valence-corrected chi connectivity index (χ4v) is 3.08. The minimum atomic E-state index is 0.0748. The molecule has 0 spiro atoms. The molecule has 19 heavy (non-hydrogen) atoms. The number of likely N-dealkylation sites (tertiary alicyclic amines) is 1. The third-order valence-electron chi connectivity index (χ3n) is 3.48. The smallest absolute Gasteiger partial charge is 0.227 e. The van der Waals surface area contributed by atoms with Gasteiger partial charge in [0, 0.05) is 30.4 Å². The number of nitrogens with zero attached hydrogens (tertiary/aromatic N) is 1. The molecular formula is C14H20N2O2S. The molecule has 1 aromatic rings. The maximum atomic E-state index is 12.1. The largest absolute Gasteiger partial charge is 0.356 e. The maximum absolute atomic E-state index is 12.1. The number of amides is 2. The van der Waals surface area contributed by atoms with Gasteiger partial charge in [-0.25, -0.2) is 0 Å². The summed E-state index contributed by atoms with van der Waals surface area (Å²) < 4.78 is 0. The molecule has 1 aliphatic rings. The van der Waals surface area contributed by atoms with Crippen LogP contribution in [0.25, 0.3) is 0 Å². The maximum Gasteiger partial charge on any atom is 0.227 e. The molecule has 1 saturated heterocycles. The van der Waals surface area contributed by atoms with Crippen LogP contribution < -0.4 is 5.32 Å². The summed E-state index contributed by atoms with van der Waals surface area (Å²) in [5, 5.41) is 4.84. The summed E-state index contributed by atoms with van der Waals surface area (Å²) >= 11 is 1.62. The molecule has 1 N–H and O–H groups in total. The Morgan fingerprint density at radius 1 is 1.42 bits per heavy atom. The number of piperidine rings is 1. The molecular weight excluding hydrogens is 260 g/mol. The van der Waals surface area contributed by atoms with Crippen molar-refractivity contribution < 1.29 is 9.59 Å². The Hall–Kier alpha value is -1.36. The van der Waals surface area contributed by atoms with Crippen molar-refractivity contribution in [3.05, 3.63) is 22.4 Å². The number of hydrogen-bond acceptors (Lipinski definition) is 3. The predicted octanol–water partition coefficient (Wildman–Crippen LogP) is 1.67. The summed E-state index contributed by atoms with van der Waals surface area (Å²) in [6.45, 7) is 4.01. The molecule has 0 atom stereocenters. The molecule has 104 valence electrons. The minimum Gasteiger partial charge on any atom is -0.356 e. The molecule has 0 bridgehead atoms. The minimum absolute atomic E-state index is 0.0748. The van der Waals surface area contributed by atoms with Gasteiger partial charge in [0.05, 0.1) is 6.42 Å². The summed E-state index contributed by atoms with van der Waals surface area (Å²) in [4.78, 5) is 26.8. The van der Waals surface area contributed by atoms with E-state index < -0.39 is 0 Å². The lowest BCUT2D eigenvalue weighted by molar-refractivity contribution is -0.135. The van der Waals surface area contributed by atoms with E-state index in [2.05, 4.69) is 5.32 Å². The van der Waals surface area contributed by atoms with Crippen LogP contribution in [0.15, 0.2) is 17.5 Å². The summed E-state index contributed by atoms with van der Waals surface area (Å²) in [5.74, 6) is 0.385. The first-order chi connectivity index (χ1) is 9.20. The molecule has 2 heterocycles. The third kappa shape index (κ3) is 3.80. The second-order valence-corrected chi connectivity index (χ2v) is 5.84. The summed E-state index contributed by atoms with van der Waals surface area (Å²) in [5.41, 5.74) is 0. The Morgan fingerprint density at radius 3 is 2.74 bits per heavy atom. The van der Waals surface area contributed by atoms with E-state index >= 15 is 0 Å². The Morgan fingerprint density at radius 2 is 2.16 bits per heavy atom. The summed E-state index contributed by atoms with van der Waals surface area (Å²) in [6.07, 6.45) is 2.05. The highest BCUT2D eigenvalue weighted by Gasteiger charge is 2.26. The van der Waals surface area contributed by atoms with E-state index in [1.807, 2.05) is 29.3 Å². The zero-order valence-corrected chi connectivity index (χ0v) is 12.0. The van der Waals surface area contributed by atoms with Crippen molar-refractivity contribution >= 4 is 23.2 Å². The fourth-order valence-electron chi connectivity index (χ4n) is 2.38. The Labute approximate surface area is 117 Å². The zero-order valence-electron chi connectivity index (χ0n) is 11.2. The Kier molecular flexibility index (Phi) is 4.96. The van der Waals surface area contributed by atoms with E-state index in [-0.39, 0.29) is 17.7 Å². The second kappa shape index (κ2) is 6.70. The van der Waals surface area contributed by atoms with Gasteiger partial charge in [0.1, 0.15) is 0 Å². The summed E-state index contributed by atoms with van der Waals surface area (Å²) in [7, 11) is 0. The lowest BCUT2D eigenvalue weighted by Crippen LogP contribution is -2.43. The average molecular weight is 280 g/mol. The van der Waals surface area contributed by atoms with E-state index in [4.69, 9.17) is 0 Å². The number of thiophene rings is 1. The quantitative estimate of drug-likeness (QED) is 0.912. The topological polar surface area (TPSA) is 49.4 Å². The van der Waals surface area contributed by atoms with Crippen molar-refractivity contribution in [3.8, 4) is 0 Å². The standard InChI is InChI=1S/C14H20N2O2S/c1-2-15-14(18)11-5-7-16(8-6-11)13(17)10-12-4-3-9-19-12/h3-4,9,11H,2,5-8,10H2,1H3,(H,15,18). The monoisotopic (exact) mass is 280 g/mol. The molecule has 0 aliphatic carbocycles. The number of nitrogens with one attached hydrogen (secondary N) is 1. The van der Waals surface area contributed by atoms with Gasteiger partial charge < -0.3 is 10.2 Å². The van der Waals surface area contributed by atoms with Gasteiger partial charge in [0.2, 0.25) is 11.8 Å². The van der Waals surface area contributed by atoms with E-state index in [0.29, 0.717) is 26.1 Å². The summed E-state index contributed by atoms with van der Waals surface area (Å²) in [6, 6.07) is 3.96. The number of rotatable bonds is 4. The highest BCUT2D eigenvalue weighted by Crippen LogP contribution is 2.19. The van der Waals surface area contributed by atoms with Crippen molar-refractivity contribution in [2.45, 2.75) is 26.2 Å². The van der Waals surface area contributed by atoms with Gasteiger partial charge in [-0.2, -0.15) is 0 Å². The first kappa shape index (κ1) is 14.1.